The van der Waals surface area contributed by atoms with Gasteiger partial charge in [0.25, 0.3) is 0 Å². The molecule has 0 atom stereocenters. The van der Waals surface area contributed by atoms with E-state index in [1.165, 1.54) is 11.3 Å². The third kappa shape index (κ3) is 3.96. The van der Waals surface area contributed by atoms with Crippen molar-refractivity contribution in [1.29, 1.82) is 0 Å². The molecule has 0 aromatic heterocycles. The molecule has 1 N–H and O–H groups in total. The minimum Gasteiger partial charge on any atom is -0.481 e. The number of halogens is 1. The largest absolute Gasteiger partial charge is 0.481 e. The standard InChI is InChI=1S/C15H20BrNO2/c1-11-2-4-14(13(16)10-11)17-8-6-12(7-9-17)3-5-15(18)19/h2,4,10,12H,3,5-9H2,1H3,(H,18,19). The van der Waals surface area contributed by atoms with Crippen LogP contribution < -0.4 is 4.90 Å². The van der Waals surface area contributed by atoms with E-state index in [-0.39, 0.29) is 0 Å². The zero-order valence-corrected chi connectivity index (χ0v) is 12.8. The third-order valence-corrected chi connectivity index (χ3v) is 4.46. The highest BCUT2D eigenvalue weighted by atomic mass is 79.9. The molecule has 1 heterocycles. The molecule has 0 aliphatic carbocycles. The van der Waals surface area contributed by atoms with Crippen LogP contribution in [0.1, 0.15) is 31.2 Å². The molecule has 0 unspecified atom stereocenters. The quantitative estimate of drug-likeness (QED) is 0.914. The summed E-state index contributed by atoms with van der Waals surface area (Å²) in [6.45, 7) is 4.13. The van der Waals surface area contributed by atoms with E-state index in [1.807, 2.05) is 0 Å². The van der Waals surface area contributed by atoms with Crippen molar-refractivity contribution in [3.63, 3.8) is 0 Å². The van der Waals surface area contributed by atoms with Gasteiger partial charge in [-0.2, -0.15) is 0 Å². The van der Waals surface area contributed by atoms with Crippen LogP contribution in [0.15, 0.2) is 22.7 Å². The molecule has 0 amide bonds. The van der Waals surface area contributed by atoms with E-state index >= 15 is 0 Å². The van der Waals surface area contributed by atoms with E-state index in [9.17, 15) is 4.79 Å². The van der Waals surface area contributed by atoms with E-state index in [4.69, 9.17) is 5.11 Å². The highest BCUT2D eigenvalue weighted by Gasteiger charge is 2.21. The first kappa shape index (κ1) is 14.4. The van der Waals surface area contributed by atoms with Gasteiger partial charge in [-0.3, -0.25) is 4.79 Å². The smallest absolute Gasteiger partial charge is 0.303 e. The normalized spacial score (nSPS) is 16.6. The Bertz CT molecular complexity index is 453. The second-order valence-electron chi connectivity index (χ2n) is 5.32. The van der Waals surface area contributed by atoms with Crippen LogP contribution >= 0.6 is 15.9 Å². The van der Waals surface area contributed by atoms with E-state index in [0.29, 0.717) is 12.3 Å². The van der Waals surface area contributed by atoms with Crippen LogP contribution in [0, 0.1) is 12.8 Å². The fourth-order valence-corrected chi connectivity index (χ4v) is 3.40. The Morgan fingerprint density at radius 1 is 1.42 bits per heavy atom. The number of hydrogen-bond donors (Lipinski definition) is 1. The number of aliphatic carboxylic acids is 1. The Morgan fingerprint density at radius 3 is 2.68 bits per heavy atom. The number of carboxylic acid groups (broad SMARTS) is 1. The Morgan fingerprint density at radius 2 is 2.11 bits per heavy atom. The number of nitrogens with zero attached hydrogens (tertiary/aromatic N) is 1. The molecule has 1 saturated heterocycles. The molecule has 1 fully saturated rings. The predicted molar refractivity (Wildman–Crippen MR) is 80.7 cm³/mol. The van der Waals surface area contributed by atoms with Crippen molar-refractivity contribution in [3.05, 3.63) is 28.2 Å². The molecule has 1 aromatic rings. The van der Waals surface area contributed by atoms with Crippen molar-refractivity contribution in [2.24, 2.45) is 5.92 Å². The maximum atomic E-state index is 10.6. The minimum absolute atomic E-state index is 0.304. The highest BCUT2D eigenvalue weighted by Crippen LogP contribution is 2.31. The van der Waals surface area contributed by atoms with Gasteiger partial charge in [-0.25, -0.2) is 0 Å². The van der Waals surface area contributed by atoms with Crippen molar-refractivity contribution in [3.8, 4) is 0 Å². The Balaban J connectivity index is 1.90. The van der Waals surface area contributed by atoms with Gasteiger partial charge < -0.3 is 10.0 Å². The fraction of sp³-hybridized carbons (Fsp3) is 0.533. The van der Waals surface area contributed by atoms with E-state index in [0.717, 1.165) is 36.8 Å². The van der Waals surface area contributed by atoms with Gasteiger partial charge in [-0.05, 0) is 65.7 Å². The van der Waals surface area contributed by atoms with Gasteiger partial charge in [0.1, 0.15) is 0 Å². The first-order chi connectivity index (χ1) is 9.06. The van der Waals surface area contributed by atoms with Crippen molar-refractivity contribution < 1.29 is 9.90 Å². The molecule has 104 valence electrons. The SMILES string of the molecule is Cc1ccc(N2CCC(CCC(=O)O)CC2)c(Br)c1. The minimum atomic E-state index is -0.677. The number of rotatable bonds is 4. The topological polar surface area (TPSA) is 40.5 Å². The van der Waals surface area contributed by atoms with E-state index in [1.54, 1.807) is 0 Å². The Kier molecular flexibility index (Phi) is 4.86. The number of anilines is 1. The zero-order valence-electron chi connectivity index (χ0n) is 11.2. The molecule has 0 spiro atoms. The lowest BCUT2D eigenvalue weighted by atomic mass is 9.92. The Labute approximate surface area is 122 Å². The highest BCUT2D eigenvalue weighted by molar-refractivity contribution is 9.10. The first-order valence-corrected chi connectivity index (χ1v) is 7.58. The Hall–Kier alpha value is -1.03. The number of carboxylic acids is 1. The summed E-state index contributed by atoms with van der Waals surface area (Å²) >= 11 is 3.63. The molecule has 19 heavy (non-hydrogen) atoms. The van der Waals surface area contributed by atoms with Crippen LogP contribution in [0.2, 0.25) is 0 Å². The number of piperidine rings is 1. The number of carbonyl (C=O) groups is 1. The maximum Gasteiger partial charge on any atom is 0.303 e. The van der Waals surface area contributed by atoms with Gasteiger partial charge in [-0.15, -0.1) is 0 Å². The summed E-state index contributed by atoms with van der Waals surface area (Å²) in [5, 5.41) is 8.72. The average Bonchev–Trinajstić information content (AvgIpc) is 2.37. The molecular formula is C15H20BrNO2. The third-order valence-electron chi connectivity index (χ3n) is 3.82. The van der Waals surface area contributed by atoms with Crippen LogP contribution in [-0.4, -0.2) is 24.2 Å². The van der Waals surface area contributed by atoms with Gasteiger partial charge in [-0.1, -0.05) is 6.07 Å². The van der Waals surface area contributed by atoms with Crippen molar-refractivity contribution in [1.82, 2.24) is 0 Å². The molecule has 4 heteroatoms. The molecule has 0 saturated carbocycles. The monoisotopic (exact) mass is 325 g/mol. The molecule has 1 aliphatic rings. The predicted octanol–water partition coefficient (Wildman–Crippen LogP) is 3.84. The second-order valence-corrected chi connectivity index (χ2v) is 6.17. The summed E-state index contributed by atoms with van der Waals surface area (Å²) in [5.41, 5.74) is 2.51. The lowest BCUT2D eigenvalue weighted by Crippen LogP contribution is -2.34. The average molecular weight is 326 g/mol. The lowest BCUT2D eigenvalue weighted by molar-refractivity contribution is -0.137. The molecule has 0 radical (unpaired) electrons. The molecule has 3 nitrogen and oxygen atoms in total. The maximum absolute atomic E-state index is 10.6. The molecule has 2 rings (SSSR count). The van der Waals surface area contributed by atoms with Crippen LogP contribution in [-0.2, 0) is 4.79 Å². The first-order valence-electron chi connectivity index (χ1n) is 6.79. The van der Waals surface area contributed by atoms with Gasteiger partial charge >= 0.3 is 5.97 Å². The van der Waals surface area contributed by atoms with Gasteiger partial charge in [0.15, 0.2) is 0 Å². The van der Waals surface area contributed by atoms with Gasteiger partial charge in [0.2, 0.25) is 0 Å². The summed E-state index contributed by atoms with van der Waals surface area (Å²) in [7, 11) is 0. The number of hydrogen-bond acceptors (Lipinski definition) is 2. The van der Waals surface area contributed by atoms with Crippen LogP contribution in [0.5, 0.6) is 0 Å². The van der Waals surface area contributed by atoms with Crippen molar-refractivity contribution in [2.45, 2.75) is 32.6 Å². The van der Waals surface area contributed by atoms with Gasteiger partial charge in [0, 0.05) is 24.0 Å². The molecule has 1 aromatic carbocycles. The summed E-state index contributed by atoms with van der Waals surface area (Å²) < 4.78 is 1.15. The summed E-state index contributed by atoms with van der Waals surface area (Å²) in [6, 6.07) is 6.44. The molecule has 1 aliphatic heterocycles. The van der Waals surface area contributed by atoms with Crippen molar-refractivity contribution >= 4 is 27.6 Å². The van der Waals surface area contributed by atoms with Crippen LogP contribution in [0.4, 0.5) is 5.69 Å². The fourth-order valence-electron chi connectivity index (χ4n) is 2.66. The van der Waals surface area contributed by atoms with E-state index in [2.05, 4.69) is 46.0 Å². The second kappa shape index (κ2) is 6.42. The van der Waals surface area contributed by atoms with Crippen LogP contribution in [0.25, 0.3) is 0 Å². The molecule has 0 bridgehead atoms. The summed E-state index contributed by atoms with van der Waals surface area (Å²) in [5.74, 6) is -0.111. The van der Waals surface area contributed by atoms with Crippen LogP contribution in [0.3, 0.4) is 0 Å². The number of benzene rings is 1. The number of aryl methyl sites for hydroxylation is 1. The molecular weight excluding hydrogens is 306 g/mol. The van der Waals surface area contributed by atoms with E-state index < -0.39 is 5.97 Å². The van der Waals surface area contributed by atoms with Crippen molar-refractivity contribution in [2.75, 3.05) is 18.0 Å². The lowest BCUT2D eigenvalue weighted by Gasteiger charge is -2.34. The van der Waals surface area contributed by atoms with Gasteiger partial charge in [0.05, 0.1) is 5.69 Å². The summed E-state index contributed by atoms with van der Waals surface area (Å²) in [4.78, 5) is 13.0. The summed E-state index contributed by atoms with van der Waals surface area (Å²) in [6.07, 6.45) is 3.30. The zero-order chi connectivity index (χ0) is 13.8.